The first-order valence-electron chi connectivity index (χ1n) is 4.48. The van der Waals surface area contributed by atoms with Crippen LogP contribution in [0.25, 0.3) is 0 Å². The summed E-state index contributed by atoms with van der Waals surface area (Å²) < 4.78 is 4.43. The van der Waals surface area contributed by atoms with Crippen LogP contribution in [0.4, 0.5) is 0 Å². The van der Waals surface area contributed by atoms with Crippen LogP contribution in [0.1, 0.15) is 39.0 Å². The van der Waals surface area contributed by atoms with E-state index in [0.29, 0.717) is 6.42 Å². The molecule has 1 fully saturated rings. The zero-order valence-corrected chi connectivity index (χ0v) is 7.34. The second-order valence-electron chi connectivity index (χ2n) is 3.19. The Bertz CT molecular complexity index is 186. The number of unbranched alkanes of at least 4 members (excludes halogenated alkanes) is 2. The molecule has 0 aromatic heterocycles. The van der Waals surface area contributed by atoms with Crippen molar-refractivity contribution >= 4 is 11.9 Å². The van der Waals surface area contributed by atoms with Gasteiger partial charge in [-0.1, -0.05) is 26.2 Å². The largest absolute Gasteiger partial charge is 0.393 e. The Labute approximate surface area is 72.1 Å². The predicted octanol–water partition coefficient (Wildman–Crippen LogP) is 1.66. The Hall–Kier alpha value is -0.860. The van der Waals surface area contributed by atoms with Crippen molar-refractivity contribution in [3.8, 4) is 0 Å². The van der Waals surface area contributed by atoms with Crippen LogP contribution in [0.3, 0.4) is 0 Å². The van der Waals surface area contributed by atoms with E-state index >= 15 is 0 Å². The highest BCUT2D eigenvalue weighted by atomic mass is 16.6. The first kappa shape index (κ1) is 9.23. The van der Waals surface area contributed by atoms with Crippen molar-refractivity contribution in [3.63, 3.8) is 0 Å². The molecular formula is C9H14O3. The smallest absolute Gasteiger partial charge is 0.317 e. The molecule has 68 valence electrons. The summed E-state index contributed by atoms with van der Waals surface area (Å²) in [7, 11) is 0. The van der Waals surface area contributed by atoms with Gasteiger partial charge in [-0.15, -0.1) is 0 Å². The SMILES string of the molecule is CCCCC[C@@H]1CC(=O)OC1=O. The van der Waals surface area contributed by atoms with Crippen LogP contribution >= 0.6 is 0 Å². The van der Waals surface area contributed by atoms with E-state index < -0.39 is 0 Å². The number of carbonyl (C=O) groups is 2. The highest BCUT2D eigenvalue weighted by molar-refractivity contribution is 5.94. The first-order valence-corrected chi connectivity index (χ1v) is 4.48. The van der Waals surface area contributed by atoms with Gasteiger partial charge in [0.25, 0.3) is 0 Å². The maximum absolute atomic E-state index is 10.9. The van der Waals surface area contributed by atoms with Gasteiger partial charge in [0.05, 0.1) is 12.3 Å². The topological polar surface area (TPSA) is 43.4 Å². The number of rotatable bonds is 4. The van der Waals surface area contributed by atoms with E-state index in [0.717, 1.165) is 25.7 Å². The number of cyclic esters (lactones) is 2. The summed E-state index contributed by atoms with van der Waals surface area (Å²) in [6.07, 6.45) is 4.37. The molecule has 1 saturated heterocycles. The highest BCUT2D eigenvalue weighted by Crippen LogP contribution is 2.21. The van der Waals surface area contributed by atoms with Crippen molar-refractivity contribution in [1.82, 2.24) is 0 Å². The quantitative estimate of drug-likeness (QED) is 0.366. The van der Waals surface area contributed by atoms with Gasteiger partial charge in [-0.05, 0) is 6.42 Å². The molecule has 0 saturated carbocycles. The highest BCUT2D eigenvalue weighted by Gasteiger charge is 2.32. The van der Waals surface area contributed by atoms with Crippen molar-refractivity contribution in [2.45, 2.75) is 39.0 Å². The third-order valence-corrected chi connectivity index (χ3v) is 2.12. The van der Waals surface area contributed by atoms with E-state index in [-0.39, 0.29) is 17.9 Å². The fourth-order valence-electron chi connectivity index (χ4n) is 1.38. The maximum atomic E-state index is 10.9. The molecule has 3 heteroatoms. The number of ether oxygens (including phenoxy) is 1. The molecular weight excluding hydrogens is 156 g/mol. The van der Waals surface area contributed by atoms with E-state index in [1.807, 2.05) is 0 Å². The van der Waals surface area contributed by atoms with Gasteiger partial charge in [-0.2, -0.15) is 0 Å². The summed E-state index contributed by atoms with van der Waals surface area (Å²) in [4.78, 5) is 21.6. The van der Waals surface area contributed by atoms with E-state index in [4.69, 9.17) is 0 Å². The Balaban J connectivity index is 2.24. The van der Waals surface area contributed by atoms with Crippen molar-refractivity contribution in [3.05, 3.63) is 0 Å². The summed E-state index contributed by atoms with van der Waals surface area (Å²) in [6, 6.07) is 0. The van der Waals surface area contributed by atoms with Crippen LogP contribution in [0.15, 0.2) is 0 Å². The Morgan fingerprint density at radius 3 is 2.67 bits per heavy atom. The minimum absolute atomic E-state index is 0.149. The standard InChI is InChI=1S/C9H14O3/c1-2-3-4-5-7-6-8(10)12-9(7)11/h7H,2-6H2,1H3/t7-/m1/s1. The van der Waals surface area contributed by atoms with Gasteiger partial charge in [-0.3, -0.25) is 9.59 Å². The van der Waals surface area contributed by atoms with E-state index in [9.17, 15) is 9.59 Å². The van der Waals surface area contributed by atoms with E-state index in [2.05, 4.69) is 11.7 Å². The summed E-state index contributed by atoms with van der Waals surface area (Å²) in [5.74, 6) is -0.832. The fourth-order valence-corrected chi connectivity index (χ4v) is 1.38. The molecule has 1 heterocycles. The van der Waals surface area contributed by atoms with Gasteiger partial charge in [0.15, 0.2) is 0 Å². The molecule has 0 bridgehead atoms. The Kier molecular flexibility index (Phi) is 3.26. The van der Waals surface area contributed by atoms with Gasteiger partial charge in [0.2, 0.25) is 0 Å². The van der Waals surface area contributed by atoms with Crippen molar-refractivity contribution in [2.75, 3.05) is 0 Å². The average Bonchev–Trinajstić information content (AvgIpc) is 2.31. The molecule has 0 aliphatic carbocycles. The molecule has 0 N–H and O–H groups in total. The average molecular weight is 170 g/mol. The lowest BCUT2D eigenvalue weighted by atomic mass is 10.0. The molecule has 0 spiro atoms. The Morgan fingerprint density at radius 2 is 2.17 bits per heavy atom. The molecule has 1 rings (SSSR count). The molecule has 0 aromatic rings. The third kappa shape index (κ3) is 2.32. The van der Waals surface area contributed by atoms with Crippen molar-refractivity contribution in [2.24, 2.45) is 5.92 Å². The number of hydrogen-bond donors (Lipinski definition) is 0. The summed E-state index contributed by atoms with van der Waals surface area (Å²) >= 11 is 0. The van der Waals surface area contributed by atoms with Gasteiger partial charge in [0.1, 0.15) is 0 Å². The lowest BCUT2D eigenvalue weighted by molar-refractivity contribution is -0.153. The predicted molar refractivity (Wildman–Crippen MR) is 43.3 cm³/mol. The van der Waals surface area contributed by atoms with Crippen LogP contribution in [0.5, 0.6) is 0 Å². The molecule has 1 aliphatic rings. The second kappa shape index (κ2) is 4.24. The van der Waals surface area contributed by atoms with Crippen molar-refractivity contribution in [1.29, 1.82) is 0 Å². The molecule has 1 aliphatic heterocycles. The van der Waals surface area contributed by atoms with Crippen LogP contribution in [-0.2, 0) is 14.3 Å². The lowest BCUT2D eigenvalue weighted by Gasteiger charge is -2.01. The maximum Gasteiger partial charge on any atom is 0.317 e. The van der Waals surface area contributed by atoms with Gasteiger partial charge in [0, 0.05) is 0 Å². The summed E-state index contributed by atoms with van der Waals surface area (Å²) in [5.41, 5.74) is 0. The van der Waals surface area contributed by atoms with E-state index in [1.165, 1.54) is 0 Å². The van der Waals surface area contributed by atoms with Crippen LogP contribution in [0, 0.1) is 5.92 Å². The Morgan fingerprint density at radius 1 is 1.42 bits per heavy atom. The lowest BCUT2D eigenvalue weighted by Crippen LogP contribution is -2.06. The monoisotopic (exact) mass is 170 g/mol. The minimum Gasteiger partial charge on any atom is -0.393 e. The molecule has 0 unspecified atom stereocenters. The molecule has 0 amide bonds. The van der Waals surface area contributed by atoms with Gasteiger partial charge >= 0.3 is 11.9 Å². The minimum atomic E-state index is -0.360. The molecule has 0 radical (unpaired) electrons. The summed E-state index contributed by atoms with van der Waals surface area (Å²) in [6.45, 7) is 2.11. The normalized spacial score (nSPS) is 22.9. The van der Waals surface area contributed by atoms with E-state index in [1.54, 1.807) is 0 Å². The molecule has 12 heavy (non-hydrogen) atoms. The zero-order chi connectivity index (χ0) is 8.97. The van der Waals surface area contributed by atoms with Crippen LogP contribution in [0.2, 0.25) is 0 Å². The third-order valence-electron chi connectivity index (χ3n) is 2.12. The molecule has 1 atom stereocenters. The molecule has 0 aromatic carbocycles. The van der Waals surface area contributed by atoms with Crippen LogP contribution < -0.4 is 0 Å². The van der Waals surface area contributed by atoms with Gasteiger partial charge in [-0.25, -0.2) is 0 Å². The first-order chi connectivity index (χ1) is 5.74. The fraction of sp³-hybridized carbons (Fsp3) is 0.778. The second-order valence-corrected chi connectivity index (χ2v) is 3.19. The summed E-state index contributed by atoms with van der Waals surface area (Å²) in [5, 5.41) is 0. The molecule has 3 nitrogen and oxygen atoms in total. The number of hydrogen-bond acceptors (Lipinski definition) is 3. The van der Waals surface area contributed by atoms with Crippen LogP contribution in [-0.4, -0.2) is 11.9 Å². The zero-order valence-electron chi connectivity index (χ0n) is 7.34. The number of esters is 2. The van der Waals surface area contributed by atoms with Crippen molar-refractivity contribution < 1.29 is 14.3 Å². The number of carbonyl (C=O) groups excluding carboxylic acids is 2. The van der Waals surface area contributed by atoms with Gasteiger partial charge < -0.3 is 4.74 Å².